The second-order valence-electron chi connectivity index (χ2n) is 5.02. The molecule has 0 heterocycles. The maximum absolute atomic E-state index is 11.4. The van der Waals surface area contributed by atoms with Gasteiger partial charge in [-0.1, -0.05) is 0 Å². The van der Waals surface area contributed by atoms with Crippen LogP contribution in [-0.4, -0.2) is 41.4 Å². The normalized spacial score (nSPS) is 14.9. The molecule has 0 rings (SSSR count). The topological polar surface area (TPSA) is 87.7 Å². The molecule has 0 aliphatic carbocycles. The minimum atomic E-state index is -0.922. The fraction of sp³-hybridized carbons (Fsp3) is 0.818. The monoisotopic (exact) mass is 246 g/mol. The summed E-state index contributed by atoms with van der Waals surface area (Å²) in [6.45, 7) is 9.02. The van der Waals surface area contributed by atoms with Crippen molar-refractivity contribution in [2.45, 2.75) is 52.3 Å². The van der Waals surface area contributed by atoms with Crippen LogP contribution in [0.3, 0.4) is 0 Å². The zero-order valence-corrected chi connectivity index (χ0v) is 11.0. The quantitative estimate of drug-likeness (QED) is 0.672. The van der Waals surface area contributed by atoms with E-state index in [1.54, 1.807) is 34.6 Å². The average molecular weight is 246 g/mol. The molecule has 0 radical (unpaired) electrons. The fourth-order valence-electron chi connectivity index (χ4n) is 1.00. The van der Waals surface area contributed by atoms with E-state index in [1.807, 2.05) is 0 Å². The maximum atomic E-state index is 11.4. The van der Waals surface area contributed by atoms with Crippen LogP contribution in [0.1, 0.15) is 34.6 Å². The number of nitrogens with one attached hydrogen (secondary N) is 2. The van der Waals surface area contributed by atoms with Crippen LogP contribution >= 0.6 is 0 Å². The van der Waals surface area contributed by atoms with Gasteiger partial charge >= 0.3 is 12.1 Å². The van der Waals surface area contributed by atoms with Crippen LogP contribution in [0.25, 0.3) is 0 Å². The van der Waals surface area contributed by atoms with Gasteiger partial charge in [0, 0.05) is 12.6 Å². The molecule has 0 saturated heterocycles. The van der Waals surface area contributed by atoms with E-state index in [0.717, 1.165) is 0 Å². The molecule has 1 amide bonds. The summed E-state index contributed by atoms with van der Waals surface area (Å²) in [4.78, 5) is 21.9. The van der Waals surface area contributed by atoms with Crippen LogP contribution in [0.4, 0.5) is 4.79 Å². The SMILES string of the molecule is CC(CNC(C)C(=O)O)NC(=O)OC(C)(C)C. The number of rotatable bonds is 5. The predicted molar refractivity (Wildman–Crippen MR) is 63.9 cm³/mol. The van der Waals surface area contributed by atoms with Crippen LogP contribution in [0.15, 0.2) is 0 Å². The van der Waals surface area contributed by atoms with Gasteiger partial charge in [-0.3, -0.25) is 4.79 Å². The van der Waals surface area contributed by atoms with E-state index in [0.29, 0.717) is 6.54 Å². The number of hydrogen-bond donors (Lipinski definition) is 3. The van der Waals surface area contributed by atoms with Crippen molar-refractivity contribution in [1.29, 1.82) is 0 Å². The highest BCUT2D eigenvalue weighted by molar-refractivity contribution is 5.72. The first-order chi connectivity index (χ1) is 7.61. The highest BCUT2D eigenvalue weighted by atomic mass is 16.6. The number of hydrogen-bond acceptors (Lipinski definition) is 4. The second-order valence-corrected chi connectivity index (χ2v) is 5.02. The van der Waals surface area contributed by atoms with Crippen molar-refractivity contribution >= 4 is 12.1 Å². The van der Waals surface area contributed by atoms with Crippen molar-refractivity contribution < 1.29 is 19.4 Å². The third-order valence-corrected chi connectivity index (χ3v) is 1.86. The molecule has 0 aliphatic heterocycles. The molecule has 0 aromatic heterocycles. The molecular weight excluding hydrogens is 224 g/mol. The number of carbonyl (C=O) groups is 2. The summed E-state index contributed by atoms with van der Waals surface area (Å²) in [7, 11) is 0. The smallest absolute Gasteiger partial charge is 0.407 e. The molecule has 6 heteroatoms. The summed E-state index contributed by atoms with van der Waals surface area (Å²) in [5.41, 5.74) is -0.536. The summed E-state index contributed by atoms with van der Waals surface area (Å²) < 4.78 is 5.07. The molecule has 0 bridgehead atoms. The van der Waals surface area contributed by atoms with Gasteiger partial charge in [-0.25, -0.2) is 4.79 Å². The van der Waals surface area contributed by atoms with Crippen LogP contribution in [0.2, 0.25) is 0 Å². The maximum Gasteiger partial charge on any atom is 0.407 e. The Labute approximate surface area is 102 Å². The van der Waals surface area contributed by atoms with Gasteiger partial charge in [-0.15, -0.1) is 0 Å². The number of amides is 1. The van der Waals surface area contributed by atoms with E-state index in [2.05, 4.69) is 10.6 Å². The van der Waals surface area contributed by atoms with E-state index >= 15 is 0 Å². The number of carbonyl (C=O) groups excluding carboxylic acids is 1. The molecule has 2 unspecified atom stereocenters. The van der Waals surface area contributed by atoms with Crippen molar-refractivity contribution in [3.63, 3.8) is 0 Å². The minimum absolute atomic E-state index is 0.202. The summed E-state index contributed by atoms with van der Waals surface area (Å²) >= 11 is 0. The fourth-order valence-corrected chi connectivity index (χ4v) is 1.00. The van der Waals surface area contributed by atoms with Crippen molar-refractivity contribution in [2.75, 3.05) is 6.54 Å². The van der Waals surface area contributed by atoms with Gasteiger partial charge in [0.2, 0.25) is 0 Å². The van der Waals surface area contributed by atoms with E-state index in [1.165, 1.54) is 0 Å². The van der Waals surface area contributed by atoms with Crippen LogP contribution in [-0.2, 0) is 9.53 Å². The lowest BCUT2D eigenvalue weighted by molar-refractivity contribution is -0.139. The van der Waals surface area contributed by atoms with Crippen molar-refractivity contribution in [3.8, 4) is 0 Å². The Morgan fingerprint density at radius 3 is 2.24 bits per heavy atom. The van der Waals surface area contributed by atoms with Gasteiger partial charge in [0.25, 0.3) is 0 Å². The Morgan fingerprint density at radius 1 is 1.29 bits per heavy atom. The van der Waals surface area contributed by atoms with Crippen LogP contribution in [0.5, 0.6) is 0 Å². The highest BCUT2D eigenvalue weighted by Gasteiger charge is 2.18. The molecule has 17 heavy (non-hydrogen) atoms. The van der Waals surface area contributed by atoms with Crippen molar-refractivity contribution in [3.05, 3.63) is 0 Å². The summed E-state index contributed by atoms with van der Waals surface area (Å²) in [6, 6.07) is -0.843. The van der Waals surface area contributed by atoms with Gasteiger partial charge in [0.1, 0.15) is 11.6 Å². The molecular formula is C11H22N2O4. The first-order valence-corrected chi connectivity index (χ1v) is 5.57. The lowest BCUT2D eigenvalue weighted by Gasteiger charge is -2.22. The van der Waals surface area contributed by atoms with E-state index < -0.39 is 23.7 Å². The molecule has 100 valence electrons. The second kappa shape index (κ2) is 6.44. The summed E-state index contributed by atoms with van der Waals surface area (Å²) in [6.07, 6.45) is -0.505. The third-order valence-electron chi connectivity index (χ3n) is 1.86. The highest BCUT2D eigenvalue weighted by Crippen LogP contribution is 2.06. The van der Waals surface area contributed by atoms with Crippen LogP contribution < -0.4 is 10.6 Å². The molecule has 0 fully saturated rings. The zero-order chi connectivity index (χ0) is 13.6. The number of carboxylic acids is 1. The number of ether oxygens (including phenoxy) is 1. The van der Waals surface area contributed by atoms with Gasteiger partial charge in [0.15, 0.2) is 0 Å². The number of carboxylic acid groups (broad SMARTS) is 1. The van der Waals surface area contributed by atoms with E-state index in [4.69, 9.17) is 9.84 Å². The van der Waals surface area contributed by atoms with Gasteiger partial charge in [-0.05, 0) is 34.6 Å². The summed E-state index contributed by atoms with van der Waals surface area (Å²) in [5, 5.41) is 14.0. The molecule has 3 N–H and O–H groups in total. The Hall–Kier alpha value is -1.30. The molecule has 0 aliphatic rings. The lowest BCUT2D eigenvalue weighted by Crippen LogP contribution is -2.46. The Kier molecular flexibility index (Phi) is 5.95. The van der Waals surface area contributed by atoms with Gasteiger partial charge in [0.05, 0.1) is 0 Å². The molecule has 0 saturated carbocycles. The van der Waals surface area contributed by atoms with E-state index in [-0.39, 0.29) is 6.04 Å². The Bertz CT molecular complexity index is 273. The Morgan fingerprint density at radius 2 is 1.82 bits per heavy atom. The third kappa shape index (κ3) is 8.50. The molecule has 6 nitrogen and oxygen atoms in total. The van der Waals surface area contributed by atoms with E-state index in [9.17, 15) is 9.59 Å². The first kappa shape index (κ1) is 15.7. The standard InChI is InChI=1S/C11H22N2O4/c1-7(6-12-8(2)9(14)15)13-10(16)17-11(3,4)5/h7-8,12H,6H2,1-5H3,(H,13,16)(H,14,15). The molecule has 0 aromatic rings. The zero-order valence-electron chi connectivity index (χ0n) is 11.0. The number of alkyl carbamates (subject to hydrolysis) is 1. The lowest BCUT2D eigenvalue weighted by atomic mass is 10.2. The largest absolute Gasteiger partial charge is 0.480 e. The predicted octanol–water partition coefficient (Wildman–Crippen LogP) is 0.962. The average Bonchev–Trinajstić information content (AvgIpc) is 2.10. The van der Waals surface area contributed by atoms with Crippen molar-refractivity contribution in [1.82, 2.24) is 10.6 Å². The first-order valence-electron chi connectivity index (χ1n) is 5.57. The van der Waals surface area contributed by atoms with Gasteiger partial charge in [-0.2, -0.15) is 0 Å². The van der Waals surface area contributed by atoms with Crippen molar-refractivity contribution in [2.24, 2.45) is 0 Å². The van der Waals surface area contributed by atoms with Gasteiger partial charge < -0.3 is 20.5 Å². The minimum Gasteiger partial charge on any atom is -0.480 e. The van der Waals surface area contributed by atoms with Crippen LogP contribution in [0, 0.1) is 0 Å². The molecule has 0 spiro atoms. The Balaban J connectivity index is 3.90. The molecule has 2 atom stereocenters. The molecule has 0 aromatic carbocycles. The number of aliphatic carboxylic acids is 1. The summed E-state index contributed by atoms with van der Waals surface area (Å²) in [5.74, 6) is -0.922.